The molecule has 0 atom stereocenters. The van der Waals surface area contributed by atoms with Crippen molar-refractivity contribution in [3.8, 4) is 11.1 Å². The Morgan fingerprint density at radius 3 is 2.35 bits per heavy atom. The summed E-state index contributed by atoms with van der Waals surface area (Å²) in [6, 6.07) is 15.0. The SMILES string of the molecule is Cc1cc(CN)cc(-c2ccccc2C)c1.Cl. The number of hydrogen-bond donors (Lipinski definition) is 1. The third-order valence-electron chi connectivity index (χ3n) is 2.83. The molecule has 0 heterocycles. The van der Waals surface area contributed by atoms with Crippen molar-refractivity contribution >= 4 is 12.4 Å². The van der Waals surface area contributed by atoms with E-state index >= 15 is 0 Å². The van der Waals surface area contributed by atoms with Crippen molar-refractivity contribution in [1.29, 1.82) is 0 Å². The van der Waals surface area contributed by atoms with E-state index in [1.165, 1.54) is 27.8 Å². The second-order valence-corrected chi connectivity index (χ2v) is 4.23. The standard InChI is InChI=1S/C15H17N.ClH/c1-11-7-13(10-16)9-14(8-11)15-6-4-3-5-12(15)2;/h3-9H,10,16H2,1-2H3;1H. The molecule has 1 nitrogen and oxygen atoms in total. The molecule has 0 amide bonds. The normalized spacial score (nSPS) is 9.82. The molecule has 2 rings (SSSR count). The molecule has 0 fully saturated rings. The molecule has 2 heteroatoms. The van der Waals surface area contributed by atoms with Gasteiger partial charge in [0.25, 0.3) is 0 Å². The van der Waals surface area contributed by atoms with Gasteiger partial charge in [0.2, 0.25) is 0 Å². The molecule has 0 aliphatic rings. The molecule has 0 spiro atoms. The van der Waals surface area contributed by atoms with E-state index in [1.807, 2.05) is 0 Å². The number of halogens is 1. The maximum absolute atomic E-state index is 5.70. The molecular weight excluding hydrogens is 230 g/mol. The highest BCUT2D eigenvalue weighted by Gasteiger charge is 2.02. The predicted octanol–water partition coefficient (Wildman–Crippen LogP) is 3.85. The summed E-state index contributed by atoms with van der Waals surface area (Å²) in [5.41, 5.74) is 12.0. The Kier molecular flexibility index (Phi) is 4.73. The maximum Gasteiger partial charge on any atom is 0.0178 e. The number of hydrogen-bond acceptors (Lipinski definition) is 1. The highest BCUT2D eigenvalue weighted by molar-refractivity contribution is 5.85. The minimum atomic E-state index is 0. The van der Waals surface area contributed by atoms with Crippen molar-refractivity contribution in [2.75, 3.05) is 0 Å². The van der Waals surface area contributed by atoms with Gasteiger partial charge in [0.05, 0.1) is 0 Å². The smallest absolute Gasteiger partial charge is 0.0178 e. The van der Waals surface area contributed by atoms with Crippen LogP contribution in [0.4, 0.5) is 0 Å². The molecule has 0 bridgehead atoms. The predicted molar refractivity (Wildman–Crippen MR) is 76.5 cm³/mol. The minimum absolute atomic E-state index is 0. The summed E-state index contributed by atoms with van der Waals surface area (Å²) >= 11 is 0. The fourth-order valence-electron chi connectivity index (χ4n) is 2.03. The maximum atomic E-state index is 5.70. The van der Waals surface area contributed by atoms with Crippen LogP contribution in [0.15, 0.2) is 42.5 Å². The number of aryl methyl sites for hydroxylation is 2. The molecule has 2 N–H and O–H groups in total. The summed E-state index contributed by atoms with van der Waals surface area (Å²) in [6.45, 7) is 4.85. The zero-order chi connectivity index (χ0) is 11.5. The lowest BCUT2D eigenvalue weighted by Gasteiger charge is -2.09. The number of rotatable bonds is 2. The lowest BCUT2D eigenvalue weighted by Crippen LogP contribution is -1.97. The van der Waals surface area contributed by atoms with Crippen LogP contribution < -0.4 is 5.73 Å². The number of nitrogens with two attached hydrogens (primary N) is 1. The van der Waals surface area contributed by atoms with Gasteiger partial charge >= 0.3 is 0 Å². The fourth-order valence-corrected chi connectivity index (χ4v) is 2.03. The molecule has 90 valence electrons. The lowest BCUT2D eigenvalue weighted by atomic mass is 9.97. The quantitative estimate of drug-likeness (QED) is 0.857. The van der Waals surface area contributed by atoms with E-state index in [0.717, 1.165) is 0 Å². The summed E-state index contributed by atoms with van der Waals surface area (Å²) in [6.07, 6.45) is 0. The van der Waals surface area contributed by atoms with Crippen LogP contribution in [-0.2, 0) is 6.54 Å². The topological polar surface area (TPSA) is 26.0 Å². The molecule has 0 aliphatic heterocycles. The molecule has 2 aromatic rings. The Morgan fingerprint density at radius 2 is 1.71 bits per heavy atom. The molecule has 0 saturated heterocycles. The number of benzene rings is 2. The second kappa shape index (κ2) is 5.85. The van der Waals surface area contributed by atoms with E-state index in [1.54, 1.807) is 0 Å². The summed E-state index contributed by atoms with van der Waals surface area (Å²) < 4.78 is 0. The lowest BCUT2D eigenvalue weighted by molar-refractivity contribution is 1.07. The van der Waals surface area contributed by atoms with E-state index < -0.39 is 0 Å². The Bertz CT molecular complexity index is 506. The Labute approximate surface area is 109 Å². The van der Waals surface area contributed by atoms with Crippen LogP contribution in [0.25, 0.3) is 11.1 Å². The van der Waals surface area contributed by atoms with Gasteiger partial charge in [-0.15, -0.1) is 12.4 Å². The van der Waals surface area contributed by atoms with Crippen LogP contribution in [-0.4, -0.2) is 0 Å². The van der Waals surface area contributed by atoms with Gasteiger partial charge in [-0.3, -0.25) is 0 Å². The third kappa shape index (κ3) is 3.09. The molecule has 0 saturated carbocycles. The second-order valence-electron chi connectivity index (χ2n) is 4.23. The first-order valence-electron chi connectivity index (χ1n) is 5.57. The van der Waals surface area contributed by atoms with Crippen LogP contribution in [0.1, 0.15) is 16.7 Å². The van der Waals surface area contributed by atoms with Gasteiger partial charge in [-0.1, -0.05) is 42.0 Å². The highest BCUT2D eigenvalue weighted by atomic mass is 35.5. The highest BCUT2D eigenvalue weighted by Crippen LogP contribution is 2.25. The molecule has 0 aliphatic carbocycles. The van der Waals surface area contributed by atoms with Crippen molar-refractivity contribution in [2.45, 2.75) is 20.4 Å². The van der Waals surface area contributed by atoms with E-state index in [2.05, 4.69) is 56.3 Å². The average molecular weight is 248 g/mol. The third-order valence-corrected chi connectivity index (χ3v) is 2.83. The van der Waals surface area contributed by atoms with Crippen LogP contribution in [0, 0.1) is 13.8 Å². The van der Waals surface area contributed by atoms with Crippen LogP contribution in [0.2, 0.25) is 0 Å². The molecule has 2 aromatic carbocycles. The molecule has 0 radical (unpaired) electrons. The first-order valence-corrected chi connectivity index (χ1v) is 5.57. The summed E-state index contributed by atoms with van der Waals surface area (Å²) in [5.74, 6) is 0. The molecule has 17 heavy (non-hydrogen) atoms. The van der Waals surface area contributed by atoms with E-state index in [-0.39, 0.29) is 12.4 Å². The van der Waals surface area contributed by atoms with Gasteiger partial charge in [-0.25, -0.2) is 0 Å². The van der Waals surface area contributed by atoms with Gasteiger partial charge in [-0.05, 0) is 42.2 Å². The first-order chi connectivity index (χ1) is 7.70. The molecule has 0 aromatic heterocycles. The van der Waals surface area contributed by atoms with Crippen molar-refractivity contribution in [2.24, 2.45) is 5.73 Å². The van der Waals surface area contributed by atoms with Crippen LogP contribution >= 0.6 is 12.4 Å². The molecular formula is C15H18ClN. The Morgan fingerprint density at radius 1 is 1.00 bits per heavy atom. The van der Waals surface area contributed by atoms with Gasteiger partial charge in [0.1, 0.15) is 0 Å². The molecule has 0 unspecified atom stereocenters. The largest absolute Gasteiger partial charge is 0.326 e. The minimum Gasteiger partial charge on any atom is -0.326 e. The van der Waals surface area contributed by atoms with E-state index in [9.17, 15) is 0 Å². The van der Waals surface area contributed by atoms with Gasteiger partial charge in [0.15, 0.2) is 0 Å². The van der Waals surface area contributed by atoms with Gasteiger partial charge < -0.3 is 5.73 Å². The van der Waals surface area contributed by atoms with Gasteiger partial charge in [0, 0.05) is 6.54 Å². The van der Waals surface area contributed by atoms with Crippen LogP contribution in [0.3, 0.4) is 0 Å². The van der Waals surface area contributed by atoms with Crippen molar-refractivity contribution in [3.05, 3.63) is 59.2 Å². The fraction of sp³-hybridized carbons (Fsp3) is 0.200. The average Bonchev–Trinajstić information content (AvgIpc) is 2.28. The van der Waals surface area contributed by atoms with E-state index in [4.69, 9.17) is 5.73 Å². The zero-order valence-corrected chi connectivity index (χ0v) is 11.1. The first kappa shape index (κ1) is 13.8. The summed E-state index contributed by atoms with van der Waals surface area (Å²) in [4.78, 5) is 0. The van der Waals surface area contributed by atoms with Crippen LogP contribution in [0.5, 0.6) is 0 Å². The monoisotopic (exact) mass is 247 g/mol. The Balaban J connectivity index is 0.00000144. The van der Waals surface area contributed by atoms with Crippen molar-refractivity contribution in [1.82, 2.24) is 0 Å². The summed E-state index contributed by atoms with van der Waals surface area (Å²) in [5, 5.41) is 0. The Hall–Kier alpha value is -1.31. The van der Waals surface area contributed by atoms with Crippen molar-refractivity contribution < 1.29 is 0 Å². The zero-order valence-electron chi connectivity index (χ0n) is 10.2. The summed E-state index contributed by atoms with van der Waals surface area (Å²) in [7, 11) is 0. The van der Waals surface area contributed by atoms with E-state index in [0.29, 0.717) is 6.54 Å². The van der Waals surface area contributed by atoms with Gasteiger partial charge in [-0.2, -0.15) is 0 Å². The van der Waals surface area contributed by atoms with Crippen molar-refractivity contribution in [3.63, 3.8) is 0 Å².